The summed E-state index contributed by atoms with van der Waals surface area (Å²) in [6, 6.07) is 8.88. The number of nitrogens with one attached hydrogen (secondary N) is 1. The van der Waals surface area contributed by atoms with Crippen LogP contribution in [0.25, 0.3) is 0 Å². The van der Waals surface area contributed by atoms with E-state index in [4.69, 9.17) is 16.3 Å². The fourth-order valence-corrected chi connectivity index (χ4v) is 2.04. The van der Waals surface area contributed by atoms with Crippen LogP contribution in [0.2, 0.25) is 5.02 Å². The van der Waals surface area contributed by atoms with Gasteiger partial charge in [0.2, 0.25) is 0 Å². The molecule has 23 heavy (non-hydrogen) atoms. The summed E-state index contributed by atoms with van der Waals surface area (Å²) < 4.78 is 31.1. The number of rotatable bonds is 6. The number of amides is 1. The third-order valence-corrected chi connectivity index (χ3v) is 3.23. The van der Waals surface area contributed by atoms with Crippen molar-refractivity contribution in [2.45, 2.75) is 6.10 Å². The molecular weight excluding hydrogens is 328 g/mol. The number of aliphatic hydroxyl groups excluding tert-OH is 1. The SMILES string of the molecule is O=C(NC[C@H](O)COc1cccc(F)c1)c1ccc(F)cc1Cl. The number of carbonyl (C=O) groups excluding carboxylic acids is 1. The molecule has 0 aromatic heterocycles. The van der Waals surface area contributed by atoms with Gasteiger partial charge in [-0.3, -0.25) is 4.79 Å². The molecule has 0 radical (unpaired) electrons. The lowest BCUT2D eigenvalue weighted by Crippen LogP contribution is -2.35. The average molecular weight is 342 g/mol. The molecule has 2 rings (SSSR count). The van der Waals surface area contributed by atoms with Crippen LogP contribution in [0.3, 0.4) is 0 Å². The first-order chi connectivity index (χ1) is 11.0. The highest BCUT2D eigenvalue weighted by Gasteiger charge is 2.13. The van der Waals surface area contributed by atoms with Crippen molar-refractivity contribution in [2.24, 2.45) is 0 Å². The average Bonchev–Trinajstić information content (AvgIpc) is 2.50. The second-order valence-electron chi connectivity index (χ2n) is 4.76. The Bertz CT molecular complexity index is 697. The van der Waals surface area contributed by atoms with Gasteiger partial charge in [0.25, 0.3) is 5.91 Å². The minimum Gasteiger partial charge on any atom is -0.491 e. The van der Waals surface area contributed by atoms with Crippen molar-refractivity contribution >= 4 is 17.5 Å². The van der Waals surface area contributed by atoms with E-state index in [-0.39, 0.29) is 29.5 Å². The largest absolute Gasteiger partial charge is 0.491 e. The lowest BCUT2D eigenvalue weighted by molar-refractivity contribution is 0.0843. The zero-order valence-corrected chi connectivity index (χ0v) is 12.7. The second kappa shape index (κ2) is 7.89. The molecule has 1 amide bonds. The molecule has 0 aliphatic heterocycles. The monoisotopic (exact) mass is 341 g/mol. The molecule has 0 aliphatic carbocycles. The van der Waals surface area contributed by atoms with Crippen molar-refractivity contribution in [1.29, 1.82) is 0 Å². The maximum atomic E-state index is 13.0. The third-order valence-electron chi connectivity index (χ3n) is 2.91. The van der Waals surface area contributed by atoms with Crippen molar-refractivity contribution in [3.8, 4) is 5.75 Å². The van der Waals surface area contributed by atoms with Gasteiger partial charge < -0.3 is 15.2 Å². The van der Waals surface area contributed by atoms with Crippen molar-refractivity contribution in [3.63, 3.8) is 0 Å². The van der Waals surface area contributed by atoms with Gasteiger partial charge in [0.05, 0.1) is 10.6 Å². The highest BCUT2D eigenvalue weighted by atomic mass is 35.5. The van der Waals surface area contributed by atoms with E-state index in [1.54, 1.807) is 6.07 Å². The molecule has 2 aromatic rings. The van der Waals surface area contributed by atoms with Crippen LogP contribution in [0.4, 0.5) is 8.78 Å². The predicted molar refractivity (Wildman–Crippen MR) is 81.6 cm³/mol. The summed E-state index contributed by atoms with van der Waals surface area (Å²) in [7, 11) is 0. The van der Waals surface area contributed by atoms with E-state index in [2.05, 4.69) is 5.32 Å². The van der Waals surface area contributed by atoms with Gasteiger partial charge in [-0.15, -0.1) is 0 Å². The molecule has 7 heteroatoms. The van der Waals surface area contributed by atoms with Gasteiger partial charge in [-0.05, 0) is 30.3 Å². The number of benzene rings is 2. The molecule has 0 heterocycles. The summed E-state index contributed by atoms with van der Waals surface area (Å²) in [5, 5.41) is 12.2. The number of hydrogen-bond donors (Lipinski definition) is 2. The normalized spacial score (nSPS) is 11.8. The molecule has 0 saturated heterocycles. The smallest absolute Gasteiger partial charge is 0.252 e. The molecule has 122 valence electrons. The minimum absolute atomic E-state index is 0.0204. The fraction of sp³-hybridized carbons (Fsp3) is 0.188. The van der Waals surface area contributed by atoms with Crippen LogP contribution in [-0.2, 0) is 0 Å². The van der Waals surface area contributed by atoms with Crippen LogP contribution in [0.1, 0.15) is 10.4 Å². The Morgan fingerprint density at radius 2 is 1.96 bits per heavy atom. The van der Waals surface area contributed by atoms with E-state index in [1.807, 2.05) is 0 Å². The Labute approximate surface area is 136 Å². The molecule has 0 fully saturated rings. The van der Waals surface area contributed by atoms with Gasteiger partial charge in [0, 0.05) is 12.6 Å². The maximum Gasteiger partial charge on any atom is 0.252 e. The fourth-order valence-electron chi connectivity index (χ4n) is 1.79. The lowest BCUT2D eigenvalue weighted by Gasteiger charge is -2.13. The molecule has 4 nitrogen and oxygen atoms in total. The summed E-state index contributed by atoms with van der Waals surface area (Å²) >= 11 is 5.77. The van der Waals surface area contributed by atoms with Crippen LogP contribution < -0.4 is 10.1 Å². The minimum atomic E-state index is -0.999. The third kappa shape index (κ3) is 5.19. The van der Waals surface area contributed by atoms with Crippen LogP contribution in [-0.4, -0.2) is 30.3 Å². The Kier molecular flexibility index (Phi) is 5.90. The molecule has 1 atom stereocenters. The standard InChI is InChI=1S/C16H14ClF2NO3/c17-15-7-11(19)4-5-14(15)16(22)20-8-12(21)9-23-13-3-1-2-10(18)6-13/h1-7,12,21H,8-9H2,(H,20,22)/t12-/m0/s1. The summed E-state index contributed by atoms with van der Waals surface area (Å²) in [5.41, 5.74) is 0.103. The molecule has 0 saturated carbocycles. The Morgan fingerprint density at radius 1 is 1.22 bits per heavy atom. The molecule has 2 aromatic carbocycles. The number of halogens is 3. The number of ether oxygens (including phenoxy) is 1. The van der Waals surface area contributed by atoms with Crippen LogP contribution >= 0.6 is 11.6 Å². The number of carbonyl (C=O) groups is 1. The van der Waals surface area contributed by atoms with E-state index in [9.17, 15) is 18.7 Å². The van der Waals surface area contributed by atoms with Crippen LogP contribution in [0.5, 0.6) is 5.75 Å². The Hall–Kier alpha value is -2.18. The first-order valence-corrected chi connectivity index (χ1v) is 7.13. The molecule has 2 N–H and O–H groups in total. The Balaban J connectivity index is 1.81. The molecule has 0 bridgehead atoms. The Morgan fingerprint density at radius 3 is 2.65 bits per heavy atom. The van der Waals surface area contributed by atoms with Crippen molar-refractivity contribution in [2.75, 3.05) is 13.2 Å². The topological polar surface area (TPSA) is 58.6 Å². The van der Waals surface area contributed by atoms with Gasteiger partial charge in [0.1, 0.15) is 30.1 Å². The summed E-state index contributed by atoms with van der Waals surface area (Å²) in [5.74, 6) is -1.26. The van der Waals surface area contributed by atoms with Gasteiger partial charge >= 0.3 is 0 Å². The van der Waals surface area contributed by atoms with E-state index >= 15 is 0 Å². The van der Waals surface area contributed by atoms with E-state index in [0.717, 1.165) is 12.1 Å². The van der Waals surface area contributed by atoms with Gasteiger partial charge in [-0.25, -0.2) is 8.78 Å². The second-order valence-corrected chi connectivity index (χ2v) is 5.16. The highest BCUT2D eigenvalue weighted by Crippen LogP contribution is 2.17. The van der Waals surface area contributed by atoms with Gasteiger partial charge in [-0.2, -0.15) is 0 Å². The maximum absolute atomic E-state index is 13.0. The van der Waals surface area contributed by atoms with E-state index < -0.39 is 23.6 Å². The van der Waals surface area contributed by atoms with Gasteiger partial charge in [0.15, 0.2) is 0 Å². The predicted octanol–water partition coefficient (Wildman–Crippen LogP) is 2.79. The summed E-state index contributed by atoms with van der Waals surface area (Å²) in [4.78, 5) is 11.9. The zero-order valence-electron chi connectivity index (χ0n) is 11.9. The first-order valence-electron chi connectivity index (χ1n) is 6.75. The van der Waals surface area contributed by atoms with Gasteiger partial charge in [-0.1, -0.05) is 17.7 Å². The van der Waals surface area contributed by atoms with Crippen molar-refractivity contribution in [3.05, 3.63) is 64.7 Å². The highest BCUT2D eigenvalue weighted by molar-refractivity contribution is 6.33. The van der Waals surface area contributed by atoms with Crippen molar-refractivity contribution < 1.29 is 23.4 Å². The molecule has 0 unspecified atom stereocenters. The van der Waals surface area contributed by atoms with Crippen molar-refractivity contribution in [1.82, 2.24) is 5.32 Å². The number of aliphatic hydroxyl groups is 1. The molecular formula is C16H14ClF2NO3. The summed E-state index contributed by atoms with van der Waals surface area (Å²) in [6.07, 6.45) is -0.999. The molecule has 0 spiro atoms. The first kappa shape index (κ1) is 17.2. The van der Waals surface area contributed by atoms with Crippen LogP contribution in [0, 0.1) is 11.6 Å². The zero-order chi connectivity index (χ0) is 16.8. The van der Waals surface area contributed by atoms with Crippen LogP contribution in [0.15, 0.2) is 42.5 Å². The lowest BCUT2D eigenvalue weighted by atomic mass is 10.2. The van der Waals surface area contributed by atoms with E-state index in [1.165, 1.54) is 24.3 Å². The summed E-state index contributed by atoms with van der Waals surface area (Å²) in [6.45, 7) is -0.220. The van der Waals surface area contributed by atoms with E-state index in [0.29, 0.717) is 0 Å². The molecule has 0 aliphatic rings. The number of hydrogen-bond acceptors (Lipinski definition) is 3. The quantitative estimate of drug-likeness (QED) is 0.849.